The predicted octanol–water partition coefficient (Wildman–Crippen LogP) is 1.42. The van der Waals surface area contributed by atoms with E-state index in [0.717, 1.165) is 11.5 Å². The first-order chi connectivity index (χ1) is 5.77. The first kappa shape index (κ1) is 9.21. The fraction of sp³-hybridized carbons (Fsp3) is 0.400. The van der Waals surface area contributed by atoms with Gasteiger partial charge in [-0.2, -0.15) is 0 Å². The number of ether oxygens (including phenoxy) is 2. The molecule has 0 aliphatic rings. The third-order valence-corrected chi connectivity index (χ3v) is 1.89. The summed E-state index contributed by atoms with van der Waals surface area (Å²) in [5.74, 6) is 0.156. The maximum atomic E-state index is 10.6. The van der Waals surface area contributed by atoms with E-state index in [9.17, 15) is 4.79 Å². The summed E-state index contributed by atoms with van der Waals surface area (Å²) in [6.45, 7) is 0. The van der Waals surface area contributed by atoms with Crippen LogP contribution in [0.4, 0.5) is 4.79 Å². The minimum atomic E-state index is -0.799. The van der Waals surface area contributed by atoms with Gasteiger partial charge in [-0.15, -0.1) is 16.7 Å². The first-order valence-corrected chi connectivity index (χ1v) is 4.21. The predicted molar refractivity (Wildman–Crippen MR) is 42.5 cm³/mol. The number of halogens is 1. The average molecular weight is 209 g/mol. The van der Waals surface area contributed by atoms with E-state index in [-0.39, 0.29) is 10.9 Å². The number of nitrogens with zero attached hydrogens (tertiary/aromatic N) is 2. The molecule has 7 heteroatoms. The van der Waals surface area contributed by atoms with Crippen molar-refractivity contribution < 1.29 is 14.3 Å². The van der Waals surface area contributed by atoms with Crippen LogP contribution in [-0.4, -0.2) is 22.9 Å². The minimum absolute atomic E-state index is 0.156. The van der Waals surface area contributed by atoms with Gasteiger partial charge in [-0.05, 0) is 0 Å². The van der Waals surface area contributed by atoms with Crippen LogP contribution in [0.25, 0.3) is 0 Å². The van der Waals surface area contributed by atoms with Crippen LogP contribution in [0, 0.1) is 0 Å². The highest BCUT2D eigenvalue weighted by Gasteiger charge is 2.12. The number of aromatic nitrogens is 2. The van der Waals surface area contributed by atoms with E-state index in [1.165, 1.54) is 7.11 Å². The molecule has 0 amide bonds. The molecule has 0 aliphatic heterocycles. The second-order valence-corrected chi connectivity index (χ2v) is 2.68. The molecule has 0 fully saturated rings. The Morgan fingerprint density at radius 1 is 1.75 bits per heavy atom. The molecule has 0 radical (unpaired) electrons. The number of rotatable bonds is 2. The van der Waals surface area contributed by atoms with Crippen molar-refractivity contribution >= 4 is 29.3 Å². The maximum absolute atomic E-state index is 10.6. The molecule has 0 bridgehead atoms. The van der Waals surface area contributed by atoms with Gasteiger partial charge in [-0.25, -0.2) is 4.79 Å². The van der Waals surface area contributed by atoms with Gasteiger partial charge in [-0.1, -0.05) is 4.49 Å². The van der Waals surface area contributed by atoms with Gasteiger partial charge < -0.3 is 9.47 Å². The van der Waals surface area contributed by atoms with Gasteiger partial charge in [0, 0.05) is 11.5 Å². The third-order valence-electron chi connectivity index (χ3n) is 0.990. The summed E-state index contributed by atoms with van der Waals surface area (Å²) in [5, 5.41) is 3.90. The SMILES string of the molecule is COC(=O)Oc1snnc1CCl. The lowest BCUT2D eigenvalue weighted by molar-refractivity contribution is 0.122. The zero-order valence-electron chi connectivity index (χ0n) is 6.11. The summed E-state index contributed by atoms with van der Waals surface area (Å²) in [7, 11) is 1.22. The molecule has 5 nitrogen and oxygen atoms in total. The zero-order valence-corrected chi connectivity index (χ0v) is 7.68. The normalized spacial score (nSPS) is 9.50. The van der Waals surface area contributed by atoms with Gasteiger partial charge in [0.1, 0.15) is 5.69 Å². The summed E-state index contributed by atoms with van der Waals surface area (Å²) < 4.78 is 12.5. The fourth-order valence-corrected chi connectivity index (χ4v) is 1.27. The Morgan fingerprint density at radius 3 is 3.08 bits per heavy atom. The highest BCUT2D eigenvalue weighted by atomic mass is 35.5. The van der Waals surface area contributed by atoms with Gasteiger partial charge in [0.25, 0.3) is 0 Å². The van der Waals surface area contributed by atoms with E-state index in [2.05, 4.69) is 19.1 Å². The second kappa shape index (κ2) is 4.22. The molecule has 0 spiro atoms. The van der Waals surface area contributed by atoms with Crippen LogP contribution < -0.4 is 4.74 Å². The average Bonchev–Trinajstić information content (AvgIpc) is 2.51. The summed E-state index contributed by atoms with van der Waals surface area (Å²) in [5.41, 5.74) is 0.437. The van der Waals surface area contributed by atoms with Crippen LogP contribution in [0.15, 0.2) is 0 Å². The van der Waals surface area contributed by atoms with E-state index in [1.54, 1.807) is 0 Å². The van der Waals surface area contributed by atoms with Crippen molar-refractivity contribution in [1.82, 2.24) is 9.59 Å². The standard InChI is InChI=1S/C5H5ClN2O3S/c1-10-5(9)11-4-3(2-6)7-8-12-4/h2H2,1H3. The minimum Gasteiger partial charge on any atom is -0.437 e. The summed E-state index contributed by atoms with van der Waals surface area (Å²) in [4.78, 5) is 10.6. The summed E-state index contributed by atoms with van der Waals surface area (Å²) in [6.07, 6.45) is -0.799. The van der Waals surface area contributed by atoms with Crippen molar-refractivity contribution in [3.8, 4) is 5.06 Å². The monoisotopic (exact) mass is 208 g/mol. The topological polar surface area (TPSA) is 61.3 Å². The van der Waals surface area contributed by atoms with Crippen molar-refractivity contribution in [2.45, 2.75) is 5.88 Å². The van der Waals surface area contributed by atoms with Gasteiger partial charge >= 0.3 is 6.16 Å². The highest BCUT2D eigenvalue weighted by Crippen LogP contribution is 2.22. The van der Waals surface area contributed by atoms with Gasteiger partial charge in [0.15, 0.2) is 0 Å². The van der Waals surface area contributed by atoms with Crippen molar-refractivity contribution in [1.29, 1.82) is 0 Å². The van der Waals surface area contributed by atoms with Crippen LogP contribution in [-0.2, 0) is 10.6 Å². The van der Waals surface area contributed by atoms with Gasteiger partial charge in [0.2, 0.25) is 5.06 Å². The van der Waals surface area contributed by atoms with Crippen molar-refractivity contribution in [2.24, 2.45) is 0 Å². The Kier molecular flexibility index (Phi) is 3.24. The van der Waals surface area contributed by atoms with Gasteiger partial charge in [-0.3, -0.25) is 0 Å². The Bertz CT molecular complexity index is 277. The van der Waals surface area contributed by atoms with Crippen LogP contribution in [0.3, 0.4) is 0 Å². The first-order valence-electron chi connectivity index (χ1n) is 2.91. The molecular weight excluding hydrogens is 204 g/mol. The van der Waals surface area contributed by atoms with E-state index < -0.39 is 6.16 Å². The molecule has 0 N–H and O–H groups in total. The van der Waals surface area contributed by atoms with E-state index in [4.69, 9.17) is 11.6 Å². The van der Waals surface area contributed by atoms with Crippen molar-refractivity contribution in [3.63, 3.8) is 0 Å². The maximum Gasteiger partial charge on any atom is 0.514 e. The lowest BCUT2D eigenvalue weighted by atomic mass is 10.6. The van der Waals surface area contributed by atoms with Crippen molar-refractivity contribution in [3.05, 3.63) is 5.69 Å². The Hall–Kier alpha value is -0.880. The molecule has 0 unspecified atom stereocenters. The number of methoxy groups -OCH3 is 1. The van der Waals surface area contributed by atoms with Crippen LogP contribution in [0.2, 0.25) is 0 Å². The Labute approximate surface area is 77.4 Å². The largest absolute Gasteiger partial charge is 0.514 e. The molecule has 0 aliphatic carbocycles. The lowest BCUT2D eigenvalue weighted by Gasteiger charge is -1.97. The molecule has 1 aromatic rings. The molecule has 1 rings (SSSR count). The van der Waals surface area contributed by atoms with Crippen molar-refractivity contribution in [2.75, 3.05) is 7.11 Å². The van der Waals surface area contributed by atoms with Crippen LogP contribution >= 0.6 is 23.1 Å². The second-order valence-electron chi connectivity index (χ2n) is 1.70. The van der Waals surface area contributed by atoms with Crippen LogP contribution in [0.5, 0.6) is 5.06 Å². The summed E-state index contributed by atoms with van der Waals surface area (Å²) >= 11 is 6.42. The number of hydrogen-bond acceptors (Lipinski definition) is 6. The molecule has 12 heavy (non-hydrogen) atoms. The fourth-order valence-electron chi connectivity index (χ4n) is 0.476. The van der Waals surface area contributed by atoms with Crippen LogP contribution in [0.1, 0.15) is 5.69 Å². The summed E-state index contributed by atoms with van der Waals surface area (Å²) in [6, 6.07) is 0. The molecule has 0 aromatic carbocycles. The van der Waals surface area contributed by atoms with E-state index in [0.29, 0.717) is 5.69 Å². The molecule has 66 valence electrons. The number of carbonyl (C=O) groups is 1. The quantitative estimate of drug-likeness (QED) is 0.544. The molecular formula is C5H5ClN2O3S. The number of hydrogen-bond donors (Lipinski definition) is 0. The molecule has 0 atom stereocenters. The van der Waals surface area contributed by atoms with E-state index >= 15 is 0 Å². The lowest BCUT2D eigenvalue weighted by Crippen LogP contribution is -2.07. The Balaban J connectivity index is 2.68. The Morgan fingerprint density at radius 2 is 2.50 bits per heavy atom. The smallest absolute Gasteiger partial charge is 0.437 e. The molecule has 1 aromatic heterocycles. The third kappa shape index (κ3) is 2.05. The van der Waals surface area contributed by atoms with E-state index in [1.807, 2.05) is 0 Å². The highest BCUT2D eigenvalue weighted by molar-refractivity contribution is 7.07. The number of alkyl halides is 1. The zero-order chi connectivity index (χ0) is 8.97. The molecule has 0 saturated heterocycles. The van der Waals surface area contributed by atoms with Gasteiger partial charge in [0.05, 0.1) is 13.0 Å². The molecule has 1 heterocycles. The number of carbonyl (C=O) groups excluding carboxylic acids is 1. The molecule has 0 saturated carbocycles.